The normalized spacial score (nSPS) is 10.9. The van der Waals surface area contributed by atoms with Gasteiger partial charge >= 0.3 is 0 Å². The van der Waals surface area contributed by atoms with Crippen molar-refractivity contribution in [2.45, 2.75) is 19.9 Å². The number of tetrazole rings is 1. The van der Waals surface area contributed by atoms with Crippen LogP contribution in [0.4, 0.5) is 0 Å². The lowest BCUT2D eigenvalue weighted by molar-refractivity contribution is 0.0784. The van der Waals surface area contributed by atoms with Crippen LogP contribution in [0.2, 0.25) is 0 Å². The van der Waals surface area contributed by atoms with Crippen LogP contribution in [-0.2, 0) is 6.54 Å². The quantitative estimate of drug-likeness (QED) is 0.470. The average molecular weight is 401 g/mol. The number of amides is 1. The molecule has 0 aliphatic rings. The number of hydrogen-bond donors (Lipinski definition) is 0. The summed E-state index contributed by atoms with van der Waals surface area (Å²) in [5.41, 5.74) is 2.31. The van der Waals surface area contributed by atoms with Gasteiger partial charge in [0.1, 0.15) is 12.1 Å². The molecule has 0 fully saturated rings. The first-order valence-electron chi connectivity index (χ1n) is 9.89. The van der Waals surface area contributed by atoms with Gasteiger partial charge in [-0.15, -0.1) is 5.10 Å². The Morgan fingerprint density at radius 2 is 1.97 bits per heavy atom. The van der Waals surface area contributed by atoms with Gasteiger partial charge in [-0.05, 0) is 51.9 Å². The molecule has 0 aliphatic heterocycles. The standard InChI is InChI=1S/C23H23N5O2/c1-3-13-30-22-12-11-17-7-4-5-10-20(17)21(22)15-27(2)23(29)18-8-6-9-19(14-18)28-16-24-25-26-28/h4-12,14,16H,3,13,15H2,1-2H3. The van der Waals surface area contributed by atoms with Crippen molar-refractivity contribution in [3.05, 3.63) is 78.1 Å². The third-order valence-corrected chi connectivity index (χ3v) is 4.91. The van der Waals surface area contributed by atoms with Crippen molar-refractivity contribution in [3.8, 4) is 11.4 Å². The molecule has 7 nitrogen and oxygen atoms in total. The summed E-state index contributed by atoms with van der Waals surface area (Å²) in [4.78, 5) is 14.9. The molecule has 152 valence electrons. The van der Waals surface area contributed by atoms with E-state index in [4.69, 9.17) is 4.74 Å². The first-order chi connectivity index (χ1) is 14.7. The van der Waals surface area contributed by atoms with E-state index >= 15 is 0 Å². The van der Waals surface area contributed by atoms with E-state index in [1.165, 1.54) is 11.0 Å². The summed E-state index contributed by atoms with van der Waals surface area (Å²) in [5, 5.41) is 13.4. The molecule has 0 saturated heterocycles. The van der Waals surface area contributed by atoms with Gasteiger partial charge in [0.25, 0.3) is 5.91 Å². The molecular weight excluding hydrogens is 378 g/mol. The topological polar surface area (TPSA) is 73.1 Å². The van der Waals surface area contributed by atoms with Crippen LogP contribution in [0, 0.1) is 0 Å². The number of rotatable bonds is 7. The number of aromatic nitrogens is 4. The molecular formula is C23H23N5O2. The van der Waals surface area contributed by atoms with Gasteiger partial charge in [0.2, 0.25) is 0 Å². The zero-order chi connectivity index (χ0) is 20.9. The van der Waals surface area contributed by atoms with Crippen LogP contribution in [0.1, 0.15) is 29.3 Å². The van der Waals surface area contributed by atoms with Crippen LogP contribution in [0.15, 0.2) is 67.0 Å². The van der Waals surface area contributed by atoms with Gasteiger partial charge in [-0.2, -0.15) is 0 Å². The SMILES string of the molecule is CCCOc1ccc2ccccc2c1CN(C)C(=O)c1cccc(-n2cnnn2)c1. The summed E-state index contributed by atoms with van der Waals surface area (Å²) >= 11 is 0. The molecule has 1 heterocycles. The second-order valence-electron chi connectivity index (χ2n) is 7.08. The van der Waals surface area contributed by atoms with Crippen molar-refractivity contribution in [2.24, 2.45) is 0 Å². The molecule has 4 aromatic rings. The van der Waals surface area contributed by atoms with Gasteiger partial charge < -0.3 is 9.64 Å². The molecule has 4 rings (SSSR count). The lowest BCUT2D eigenvalue weighted by atomic mass is 10.0. The number of carbonyl (C=O) groups excluding carboxylic acids is 1. The van der Waals surface area contributed by atoms with E-state index in [0.717, 1.165) is 34.2 Å². The highest BCUT2D eigenvalue weighted by Crippen LogP contribution is 2.30. The molecule has 1 amide bonds. The monoisotopic (exact) mass is 401 g/mol. The van der Waals surface area contributed by atoms with Gasteiger partial charge in [-0.3, -0.25) is 4.79 Å². The third-order valence-electron chi connectivity index (χ3n) is 4.91. The van der Waals surface area contributed by atoms with Crippen molar-refractivity contribution < 1.29 is 9.53 Å². The average Bonchev–Trinajstić information content (AvgIpc) is 3.33. The second kappa shape index (κ2) is 8.73. The maximum absolute atomic E-state index is 13.2. The lowest BCUT2D eigenvalue weighted by Gasteiger charge is -2.21. The Balaban J connectivity index is 1.63. The molecule has 30 heavy (non-hydrogen) atoms. The number of ether oxygens (including phenoxy) is 1. The van der Waals surface area contributed by atoms with Crippen LogP contribution < -0.4 is 4.74 Å². The van der Waals surface area contributed by atoms with Crippen molar-refractivity contribution in [3.63, 3.8) is 0 Å². The molecule has 0 N–H and O–H groups in total. The Bertz CT molecular complexity index is 1160. The highest BCUT2D eigenvalue weighted by Gasteiger charge is 2.17. The number of carbonyl (C=O) groups is 1. The second-order valence-corrected chi connectivity index (χ2v) is 7.08. The Morgan fingerprint density at radius 3 is 2.77 bits per heavy atom. The summed E-state index contributed by atoms with van der Waals surface area (Å²) in [6, 6.07) is 19.5. The van der Waals surface area contributed by atoms with Crippen LogP contribution in [-0.4, -0.2) is 44.7 Å². The summed E-state index contributed by atoms with van der Waals surface area (Å²) in [6.07, 6.45) is 2.42. The van der Waals surface area contributed by atoms with E-state index in [1.807, 2.05) is 30.3 Å². The molecule has 0 radical (unpaired) electrons. The first-order valence-corrected chi connectivity index (χ1v) is 9.89. The molecule has 3 aromatic carbocycles. The van der Waals surface area contributed by atoms with Crippen molar-refractivity contribution in [2.75, 3.05) is 13.7 Å². The molecule has 1 aromatic heterocycles. The summed E-state index contributed by atoms with van der Waals surface area (Å²) in [7, 11) is 1.80. The zero-order valence-electron chi connectivity index (χ0n) is 17.0. The molecule has 0 spiro atoms. The zero-order valence-corrected chi connectivity index (χ0v) is 17.0. The first kappa shape index (κ1) is 19.6. The van der Waals surface area contributed by atoms with Crippen LogP contribution in [0.5, 0.6) is 5.75 Å². The summed E-state index contributed by atoms with van der Waals surface area (Å²) in [6.45, 7) is 3.15. The lowest BCUT2D eigenvalue weighted by Crippen LogP contribution is -2.26. The number of fused-ring (bicyclic) bond motifs is 1. The maximum atomic E-state index is 13.2. The minimum atomic E-state index is -0.0840. The Morgan fingerprint density at radius 1 is 1.10 bits per heavy atom. The Labute approximate surface area is 174 Å². The van der Waals surface area contributed by atoms with Crippen molar-refractivity contribution >= 4 is 16.7 Å². The minimum absolute atomic E-state index is 0.0840. The molecule has 0 unspecified atom stereocenters. The fraction of sp³-hybridized carbons (Fsp3) is 0.217. The highest BCUT2D eigenvalue weighted by molar-refractivity contribution is 5.95. The van der Waals surface area contributed by atoms with Gasteiger partial charge in [0, 0.05) is 24.7 Å². The fourth-order valence-electron chi connectivity index (χ4n) is 3.42. The minimum Gasteiger partial charge on any atom is -0.493 e. The predicted molar refractivity (Wildman–Crippen MR) is 115 cm³/mol. The van der Waals surface area contributed by atoms with Crippen LogP contribution in [0.25, 0.3) is 16.5 Å². The van der Waals surface area contributed by atoms with Gasteiger partial charge in [-0.25, -0.2) is 4.68 Å². The summed E-state index contributed by atoms with van der Waals surface area (Å²) < 4.78 is 7.51. The number of benzene rings is 3. The third kappa shape index (κ3) is 4.00. The van der Waals surface area contributed by atoms with Crippen LogP contribution >= 0.6 is 0 Å². The van der Waals surface area contributed by atoms with Gasteiger partial charge in [0.05, 0.1) is 12.3 Å². The maximum Gasteiger partial charge on any atom is 0.253 e. The van der Waals surface area contributed by atoms with E-state index < -0.39 is 0 Å². The number of nitrogens with zero attached hydrogens (tertiary/aromatic N) is 5. The van der Waals surface area contributed by atoms with Crippen molar-refractivity contribution in [1.82, 2.24) is 25.1 Å². The molecule has 0 aliphatic carbocycles. The van der Waals surface area contributed by atoms with Gasteiger partial charge in [0.15, 0.2) is 0 Å². The largest absolute Gasteiger partial charge is 0.493 e. The van der Waals surface area contributed by atoms with E-state index in [9.17, 15) is 4.79 Å². The van der Waals surface area contributed by atoms with E-state index in [0.29, 0.717) is 18.7 Å². The van der Waals surface area contributed by atoms with Crippen LogP contribution in [0.3, 0.4) is 0 Å². The summed E-state index contributed by atoms with van der Waals surface area (Å²) in [5.74, 6) is 0.733. The van der Waals surface area contributed by atoms with E-state index in [2.05, 4.69) is 40.6 Å². The molecule has 0 bridgehead atoms. The molecule has 0 atom stereocenters. The Hall–Kier alpha value is -3.74. The molecule has 0 saturated carbocycles. The Kier molecular flexibility index (Phi) is 5.70. The van der Waals surface area contributed by atoms with E-state index in [1.54, 1.807) is 24.1 Å². The van der Waals surface area contributed by atoms with Crippen molar-refractivity contribution in [1.29, 1.82) is 0 Å². The number of hydrogen-bond acceptors (Lipinski definition) is 5. The molecule has 7 heteroatoms. The van der Waals surface area contributed by atoms with Gasteiger partial charge in [-0.1, -0.05) is 43.3 Å². The highest BCUT2D eigenvalue weighted by atomic mass is 16.5. The predicted octanol–water partition coefficient (Wildman–Crippen LogP) is 3.88. The fourth-order valence-corrected chi connectivity index (χ4v) is 3.42. The smallest absolute Gasteiger partial charge is 0.253 e. The van der Waals surface area contributed by atoms with E-state index in [-0.39, 0.29) is 5.91 Å².